The third-order valence-corrected chi connectivity index (χ3v) is 4.82. The van der Waals surface area contributed by atoms with Crippen molar-refractivity contribution >= 4 is 5.91 Å². The summed E-state index contributed by atoms with van der Waals surface area (Å²) in [6.07, 6.45) is 3.78. The molecule has 0 aromatic carbocycles. The predicted molar refractivity (Wildman–Crippen MR) is 80.5 cm³/mol. The monoisotopic (exact) mass is 289 g/mol. The van der Waals surface area contributed by atoms with Crippen molar-refractivity contribution < 1.29 is 9.53 Å². The molecule has 0 aliphatic carbocycles. The molecule has 0 atom stereocenters. The first-order valence-electron chi connectivity index (χ1n) is 7.62. The molecule has 5 heteroatoms. The van der Waals surface area contributed by atoms with E-state index in [0.717, 1.165) is 32.5 Å². The number of hydrogen-bond donors (Lipinski definition) is 0. The fourth-order valence-electron chi connectivity index (χ4n) is 3.21. The number of likely N-dealkylation sites (tertiary alicyclic amines) is 1. The lowest BCUT2D eigenvalue weighted by Gasteiger charge is -2.34. The molecule has 1 amide bonds. The summed E-state index contributed by atoms with van der Waals surface area (Å²) in [5, 5.41) is 0. The van der Waals surface area contributed by atoms with Crippen LogP contribution in [0.4, 0.5) is 0 Å². The minimum Gasteiger partial charge on any atom is -0.481 e. The van der Waals surface area contributed by atoms with Crippen LogP contribution in [0, 0.1) is 0 Å². The molecule has 2 aliphatic heterocycles. The van der Waals surface area contributed by atoms with Gasteiger partial charge in [0.1, 0.15) is 0 Å². The van der Waals surface area contributed by atoms with E-state index >= 15 is 0 Å². The van der Waals surface area contributed by atoms with E-state index < -0.39 is 0 Å². The van der Waals surface area contributed by atoms with Gasteiger partial charge in [0, 0.05) is 37.9 Å². The van der Waals surface area contributed by atoms with E-state index in [9.17, 15) is 4.79 Å². The van der Waals surface area contributed by atoms with Crippen molar-refractivity contribution in [2.45, 2.75) is 38.3 Å². The number of pyridine rings is 1. The molecule has 5 nitrogen and oxygen atoms in total. The summed E-state index contributed by atoms with van der Waals surface area (Å²) >= 11 is 0. The molecule has 0 saturated carbocycles. The maximum Gasteiger partial charge on any atom is 0.256 e. The molecule has 0 N–H and O–H groups in total. The summed E-state index contributed by atoms with van der Waals surface area (Å²) in [6, 6.07) is 4.13. The molecule has 3 heterocycles. The number of ether oxygens (including phenoxy) is 1. The fourth-order valence-corrected chi connectivity index (χ4v) is 3.21. The Morgan fingerprint density at radius 2 is 2.05 bits per heavy atom. The van der Waals surface area contributed by atoms with Crippen molar-refractivity contribution in [3.8, 4) is 5.88 Å². The van der Waals surface area contributed by atoms with Gasteiger partial charge in [0.25, 0.3) is 5.91 Å². The minimum absolute atomic E-state index is 0.100. The number of hydrogen-bond acceptors (Lipinski definition) is 4. The van der Waals surface area contributed by atoms with Crippen LogP contribution in [0.25, 0.3) is 0 Å². The molecule has 114 valence electrons. The minimum atomic E-state index is 0.100. The van der Waals surface area contributed by atoms with Gasteiger partial charge < -0.3 is 14.5 Å². The normalized spacial score (nSPS) is 20.9. The third kappa shape index (κ3) is 2.62. The molecule has 2 aliphatic rings. The Hall–Kier alpha value is -1.62. The lowest BCUT2D eigenvalue weighted by molar-refractivity contribution is 0.0806. The average molecular weight is 289 g/mol. The molecule has 1 aromatic heterocycles. The number of methoxy groups -OCH3 is 1. The molecule has 2 saturated heterocycles. The van der Waals surface area contributed by atoms with Crippen molar-refractivity contribution in [3.63, 3.8) is 0 Å². The van der Waals surface area contributed by atoms with Crippen molar-refractivity contribution in [3.05, 3.63) is 23.9 Å². The quantitative estimate of drug-likeness (QED) is 0.796. The van der Waals surface area contributed by atoms with Crippen molar-refractivity contribution in [1.82, 2.24) is 14.8 Å². The Kier molecular flexibility index (Phi) is 3.61. The zero-order chi connectivity index (χ0) is 15.0. The van der Waals surface area contributed by atoms with Crippen LogP contribution in [0.2, 0.25) is 0 Å². The van der Waals surface area contributed by atoms with E-state index in [1.807, 2.05) is 4.90 Å². The Balaban J connectivity index is 1.63. The number of piperidine rings is 1. The van der Waals surface area contributed by atoms with Gasteiger partial charge in [-0.05, 0) is 32.8 Å². The largest absolute Gasteiger partial charge is 0.481 e. The molecule has 1 spiro atoms. The maximum absolute atomic E-state index is 12.5. The van der Waals surface area contributed by atoms with Crippen molar-refractivity contribution in [2.75, 3.05) is 26.7 Å². The molecular formula is C16H23N3O2. The Morgan fingerprint density at radius 1 is 1.33 bits per heavy atom. The summed E-state index contributed by atoms with van der Waals surface area (Å²) < 4.78 is 5.03. The van der Waals surface area contributed by atoms with E-state index in [4.69, 9.17) is 4.74 Å². The summed E-state index contributed by atoms with van der Waals surface area (Å²) in [5.41, 5.74) is 0.765. The first-order chi connectivity index (χ1) is 10.1. The highest BCUT2D eigenvalue weighted by Gasteiger charge is 2.55. The first kappa shape index (κ1) is 14.3. The van der Waals surface area contributed by atoms with Crippen molar-refractivity contribution in [1.29, 1.82) is 0 Å². The van der Waals surface area contributed by atoms with Gasteiger partial charge in [0.2, 0.25) is 5.88 Å². The van der Waals surface area contributed by atoms with Gasteiger partial charge in [0.05, 0.1) is 18.2 Å². The Morgan fingerprint density at radius 3 is 2.57 bits per heavy atom. The van der Waals surface area contributed by atoms with Crippen LogP contribution >= 0.6 is 0 Å². The van der Waals surface area contributed by atoms with Gasteiger partial charge in [-0.1, -0.05) is 0 Å². The standard InChI is InChI=1S/C16H23N3O2/c1-12(2)18-8-6-16(7-9-18)11-19(16)15(20)13-4-5-14(21-3)17-10-13/h4-5,10,12H,6-9,11H2,1-3H3. The van der Waals surface area contributed by atoms with Gasteiger partial charge in [-0.3, -0.25) is 4.79 Å². The summed E-state index contributed by atoms with van der Waals surface area (Å²) in [7, 11) is 1.58. The molecule has 0 bridgehead atoms. The Labute approximate surface area is 125 Å². The third-order valence-electron chi connectivity index (χ3n) is 4.82. The molecule has 0 radical (unpaired) electrons. The second kappa shape index (κ2) is 5.30. The lowest BCUT2D eigenvalue weighted by Crippen LogP contribution is -2.43. The van der Waals surface area contributed by atoms with Gasteiger partial charge in [-0.25, -0.2) is 4.98 Å². The lowest BCUT2D eigenvalue weighted by atomic mass is 9.95. The van der Waals surface area contributed by atoms with E-state index in [1.165, 1.54) is 0 Å². The van der Waals surface area contributed by atoms with Crippen molar-refractivity contribution in [2.24, 2.45) is 0 Å². The summed E-state index contributed by atoms with van der Waals surface area (Å²) in [6.45, 7) is 7.53. The van der Waals surface area contributed by atoms with E-state index in [1.54, 1.807) is 25.4 Å². The fraction of sp³-hybridized carbons (Fsp3) is 0.625. The molecule has 2 fully saturated rings. The first-order valence-corrected chi connectivity index (χ1v) is 7.62. The van der Waals surface area contributed by atoms with E-state index in [0.29, 0.717) is 17.5 Å². The molecule has 3 rings (SSSR count). The number of nitrogens with zero attached hydrogens (tertiary/aromatic N) is 3. The van der Waals surface area contributed by atoms with Crippen LogP contribution in [0.3, 0.4) is 0 Å². The highest BCUT2D eigenvalue weighted by atomic mass is 16.5. The Bertz CT molecular complexity index is 519. The van der Waals surface area contributed by atoms with Crippen LogP contribution in [-0.2, 0) is 0 Å². The van der Waals surface area contributed by atoms with E-state index in [-0.39, 0.29) is 11.4 Å². The maximum atomic E-state index is 12.5. The zero-order valence-electron chi connectivity index (χ0n) is 13.0. The van der Waals surface area contributed by atoms with Gasteiger partial charge in [-0.15, -0.1) is 0 Å². The summed E-state index contributed by atoms with van der Waals surface area (Å²) in [4.78, 5) is 21.1. The number of carbonyl (C=O) groups is 1. The topological polar surface area (TPSA) is 45.4 Å². The molecular weight excluding hydrogens is 266 g/mol. The van der Waals surface area contributed by atoms with Gasteiger partial charge in [-0.2, -0.15) is 0 Å². The highest BCUT2D eigenvalue weighted by Crippen LogP contribution is 2.43. The zero-order valence-corrected chi connectivity index (χ0v) is 13.0. The second-order valence-electron chi connectivity index (χ2n) is 6.33. The van der Waals surface area contributed by atoms with Crippen LogP contribution < -0.4 is 4.74 Å². The van der Waals surface area contributed by atoms with Crippen LogP contribution in [0.5, 0.6) is 5.88 Å². The average Bonchev–Trinajstić information content (AvgIpc) is 3.20. The van der Waals surface area contributed by atoms with Gasteiger partial charge in [0.15, 0.2) is 0 Å². The number of aromatic nitrogens is 1. The van der Waals surface area contributed by atoms with Crippen LogP contribution in [-0.4, -0.2) is 59.0 Å². The molecule has 0 unspecified atom stereocenters. The van der Waals surface area contributed by atoms with E-state index in [2.05, 4.69) is 23.7 Å². The van der Waals surface area contributed by atoms with Crippen LogP contribution in [0.15, 0.2) is 18.3 Å². The molecule has 21 heavy (non-hydrogen) atoms. The van der Waals surface area contributed by atoms with Gasteiger partial charge >= 0.3 is 0 Å². The SMILES string of the molecule is COc1ccc(C(=O)N2CC23CCN(C(C)C)CC3)cn1. The smallest absolute Gasteiger partial charge is 0.256 e. The number of amides is 1. The number of carbonyl (C=O) groups excluding carboxylic acids is 1. The predicted octanol–water partition coefficient (Wildman–Crippen LogP) is 1.79. The second-order valence-corrected chi connectivity index (χ2v) is 6.33. The summed E-state index contributed by atoms with van der Waals surface area (Å²) in [5.74, 6) is 0.639. The number of rotatable bonds is 3. The van der Waals surface area contributed by atoms with Crippen LogP contribution in [0.1, 0.15) is 37.0 Å². The molecule has 1 aromatic rings. The highest BCUT2D eigenvalue weighted by molar-refractivity contribution is 5.96.